The van der Waals surface area contributed by atoms with E-state index in [0.29, 0.717) is 24.9 Å². The van der Waals surface area contributed by atoms with Crippen LogP contribution in [0.5, 0.6) is 5.88 Å². The monoisotopic (exact) mass is 446 g/mol. The van der Waals surface area contributed by atoms with Crippen molar-refractivity contribution in [2.24, 2.45) is 4.99 Å². The second kappa shape index (κ2) is 10.3. The molecule has 0 saturated carbocycles. The van der Waals surface area contributed by atoms with Crippen LogP contribution >= 0.6 is 35.6 Å². The summed E-state index contributed by atoms with van der Waals surface area (Å²) in [7, 11) is 3.32. The van der Waals surface area contributed by atoms with Crippen LogP contribution in [0.2, 0.25) is 5.02 Å². The van der Waals surface area contributed by atoms with E-state index in [-0.39, 0.29) is 24.0 Å². The molecule has 2 aromatic rings. The van der Waals surface area contributed by atoms with Crippen LogP contribution in [0.15, 0.2) is 47.5 Å². The molecule has 124 valence electrons. The third kappa shape index (κ3) is 6.23. The van der Waals surface area contributed by atoms with Crippen LogP contribution < -0.4 is 15.4 Å². The summed E-state index contributed by atoms with van der Waals surface area (Å²) in [6.07, 6.45) is 0. The first kappa shape index (κ1) is 19.5. The van der Waals surface area contributed by atoms with Crippen molar-refractivity contribution in [1.82, 2.24) is 15.6 Å². The number of halogens is 2. The van der Waals surface area contributed by atoms with Crippen LogP contribution in [-0.4, -0.2) is 25.1 Å². The first-order valence-electron chi connectivity index (χ1n) is 6.90. The number of aromatic nitrogens is 1. The summed E-state index contributed by atoms with van der Waals surface area (Å²) < 4.78 is 5.11. The molecule has 5 nitrogen and oxygen atoms in total. The van der Waals surface area contributed by atoms with E-state index in [1.165, 1.54) is 0 Å². The highest BCUT2D eigenvalue weighted by atomic mass is 127. The molecule has 1 aromatic heterocycles. The maximum atomic E-state index is 6.13. The molecular weight excluding hydrogens is 427 g/mol. The number of pyridine rings is 1. The normalized spacial score (nSPS) is 10.7. The Kier molecular flexibility index (Phi) is 8.71. The zero-order valence-electron chi connectivity index (χ0n) is 13.0. The number of hydrogen-bond acceptors (Lipinski definition) is 3. The van der Waals surface area contributed by atoms with Gasteiger partial charge in [-0.25, -0.2) is 4.98 Å². The molecule has 0 unspecified atom stereocenters. The van der Waals surface area contributed by atoms with Gasteiger partial charge in [-0.15, -0.1) is 24.0 Å². The number of benzene rings is 1. The number of methoxy groups -OCH3 is 1. The van der Waals surface area contributed by atoms with Crippen LogP contribution in [0, 0.1) is 0 Å². The number of nitrogens with zero attached hydrogens (tertiary/aromatic N) is 2. The molecule has 7 heteroatoms. The fourth-order valence-electron chi connectivity index (χ4n) is 1.89. The molecular formula is C16H20ClIN4O. The van der Waals surface area contributed by atoms with Gasteiger partial charge in [0.2, 0.25) is 5.88 Å². The molecule has 1 heterocycles. The van der Waals surface area contributed by atoms with Gasteiger partial charge in [-0.1, -0.05) is 35.9 Å². The first-order chi connectivity index (χ1) is 10.7. The molecule has 0 atom stereocenters. The Morgan fingerprint density at radius 2 is 1.87 bits per heavy atom. The quantitative estimate of drug-likeness (QED) is 0.421. The summed E-state index contributed by atoms with van der Waals surface area (Å²) in [6.45, 7) is 1.16. The molecule has 0 amide bonds. The van der Waals surface area contributed by atoms with Crippen LogP contribution in [0.4, 0.5) is 0 Å². The van der Waals surface area contributed by atoms with E-state index in [1.807, 2.05) is 42.5 Å². The van der Waals surface area contributed by atoms with Crippen LogP contribution in [0.3, 0.4) is 0 Å². The van der Waals surface area contributed by atoms with Gasteiger partial charge in [-0.3, -0.25) is 4.99 Å². The van der Waals surface area contributed by atoms with Gasteiger partial charge >= 0.3 is 0 Å². The lowest BCUT2D eigenvalue weighted by Crippen LogP contribution is -2.36. The lowest BCUT2D eigenvalue weighted by atomic mass is 10.2. The number of ether oxygens (including phenoxy) is 1. The zero-order chi connectivity index (χ0) is 15.8. The standard InChI is InChI=1S/C16H19ClN4O.HI/c1-18-16(19-10-12-6-3-4-8-14(12)17)20-11-13-7-5-9-15(21-13)22-2;/h3-9H,10-11H2,1-2H3,(H2,18,19,20);1H. The predicted octanol–water partition coefficient (Wildman–Crippen LogP) is 3.23. The molecule has 1 aromatic carbocycles. The van der Waals surface area contributed by atoms with Gasteiger partial charge in [0, 0.05) is 24.7 Å². The third-order valence-electron chi connectivity index (χ3n) is 3.06. The summed E-state index contributed by atoms with van der Waals surface area (Å²) in [5.41, 5.74) is 1.90. The van der Waals surface area contributed by atoms with Gasteiger partial charge in [0.25, 0.3) is 0 Å². The summed E-state index contributed by atoms with van der Waals surface area (Å²) in [5.74, 6) is 1.28. The number of guanidine groups is 1. The maximum Gasteiger partial charge on any atom is 0.213 e. The highest BCUT2D eigenvalue weighted by Gasteiger charge is 2.03. The molecule has 0 radical (unpaired) electrons. The van der Waals surface area contributed by atoms with Gasteiger partial charge in [0.15, 0.2) is 5.96 Å². The van der Waals surface area contributed by atoms with E-state index in [1.54, 1.807) is 14.2 Å². The maximum absolute atomic E-state index is 6.13. The number of aliphatic imine (C=N–C) groups is 1. The van der Waals surface area contributed by atoms with Crippen molar-refractivity contribution in [3.63, 3.8) is 0 Å². The molecule has 0 fully saturated rings. The molecule has 23 heavy (non-hydrogen) atoms. The van der Waals surface area contributed by atoms with Crippen molar-refractivity contribution in [2.75, 3.05) is 14.2 Å². The van der Waals surface area contributed by atoms with Crippen LogP contribution in [0.25, 0.3) is 0 Å². The van der Waals surface area contributed by atoms with E-state index < -0.39 is 0 Å². The molecule has 0 aliphatic heterocycles. The molecule has 0 aliphatic rings. The fraction of sp³-hybridized carbons (Fsp3) is 0.250. The minimum Gasteiger partial charge on any atom is -0.481 e. The third-order valence-corrected chi connectivity index (χ3v) is 3.42. The second-order valence-electron chi connectivity index (χ2n) is 4.54. The Hall–Kier alpha value is -1.54. The molecule has 0 aliphatic carbocycles. The number of rotatable bonds is 5. The largest absolute Gasteiger partial charge is 0.481 e. The van der Waals surface area contributed by atoms with Crippen LogP contribution in [0.1, 0.15) is 11.3 Å². The van der Waals surface area contributed by atoms with Crippen molar-refractivity contribution >= 4 is 41.5 Å². The average molecular weight is 447 g/mol. The average Bonchev–Trinajstić information content (AvgIpc) is 2.56. The Balaban J connectivity index is 0.00000264. The number of hydrogen-bond donors (Lipinski definition) is 2. The van der Waals surface area contributed by atoms with E-state index in [2.05, 4.69) is 20.6 Å². The second-order valence-corrected chi connectivity index (χ2v) is 4.95. The van der Waals surface area contributed by atoms with Crippen molar-refractivity contribution in [3.8, 4) is 5.88 Å². The van der Waals surface area contributed by atoms with Gasteiger partial charge in [-0.05, 0) is 17.7 Å². The summed E-state index contributed by atoms with van der Waals surface area (Å²) in [5, 5.41) is 7.16. The summed E-state index contributed by atoms with van der Waals surface area (Å²) >= 11 is 6.13. The lowest BCUT2D eigenvalue weighted by molar-refractivity contribution is 0.396. The van der Waals surface area contributed by atoms with Gasteiger partial charge in [0.05, 0.1) is 19.3 Å². The van der Waals surface area contributed by atoms with E-state index >= 15 is 0 Å². The van der Waals surface area contributed by atoms with Gasteiger partial charge < -0.3 is 15.4 Å². The van der Waals surface area contributed by atoms with Crippen LogP contribution in [-0.2, 0) is 13.1 Å². The molecule has 0 spiro atoms. The highest BCUT2D eigenvalue weighted by Crippen LogP contribution is 2.14. The Labute approximate surface area is 158 Å². The van der Waals surface area contributed by atoms with Crippen molar-refractivity contribution in [1.29, 1.82) is 0 Å². The minimum absolute atomic E-state index is 0. The topological polar surface area (TPSA) is 58.5 Å². The van der Waals surface area contributed by atoms with E-state index in [4.69, 9.17) is 16.3 Å². The van der Waals surface area contributed by atoms with E-state index in [9.17, 15) is 0 Å². The highest BCUT2D eigenvalue weighted by molar-refractivity contribution is 14.0. The molecule has 0 saturated heterocycles. The molecule has 2 rings (SSSR count). The smallest absolute Gasteiger partial charge is 0.213 e. The summed E-state index contributed by atoms with van der Waals surface area (Å²) in [6, 6.07) is 13.4. The van der Waals surface area contributed by atoms with Gasteiger partial charge in [0.1, 0.15) is 0 Å². The predicted molar refractivity (Wildman–Crippen MR) is 105 cm³/mol. The molecule has 0 bridgehead atoms. The van der Waals surface area contributed by atoms with Crippen molar-refractivity contribution < 1.29 is 4.74 Å². The minimum atomic E-state index is 0. The fourth-order valence-corrected chi connectivity index (χ4v) is 2.09. The lowest BCUT2D eigenvalue weighted by Gasteiger charge is -2.12. The van der Waals surface area contributed by atoms with Gasteiger partial charge in [-0.2, -0.15) is 0 Å². The Morgan fingerprint density at radius 1 is 1.13 bits per heavy atom. The Bertz CT molecular complexity index is 651. The zero-order valence-corrected chi connectivity index (χ0v) is 16.1. The number of nitrogens with one attached hydrogen (secondary N) is 2. The van der Waals surface area contributed by atoms with Crippen molar-refractivity contribution in [2.45, 2.75) is 13.1 Å². The Morgan fingerprint density at radius 3 is 2.57 bits per heavy atom. The molecule has 2 N–H and O–H groups in total. The van der Waals surface area contributed by atoms with Crippen molar-refractivity contribution in [3.05, 3.63) is 58.7 Å². The SMILES string of the molecule is CN=C(NCc1cccc(OC)n1)NCc1ccccc1Cl.I. The first-order valence-corrected chi connectivity index (χ1v) is 7.28. The van der Waals surface area contributed by atoms with E-state index in [0.717, 1.165) is 16.3 Å². The summed E-state index contributed by atoms with van der Waals surface area (Å²) in [4.78, 5) is 8.52.